The molecule has 46 heavy (non-hydrogen) atoms. The first-order valence-electron chi connectivity index (χ1n) is 19.3. The maximum atomic E-state index is 12.6. The number of phosphoric acid groups is 1. The smallest absolute Gasteiger partial charge is 0.457 e. The molecular formula is C37H77NO7P+. The summed E-state index contributed by atoms with van der Waals surface area (Å²) in [5.41, 5.74) is 0. The second kappa shape index (κ2) is 31.7. The van der Waals surface area contributed by atoms with E-state index < -0.39 is 13.9 Å². The number of hydrogen-bond acceptors (Lipinski definition) is 6. The first kappa shape index (κ1) is 45.5. The fraction of sp³-hybridized carbons (Fsp3) is 0.973. The largest absolute Gasteiger partial charge is 0.472 e. The second-order valence-corrected chi connectivity index (χ2v) is 15.8. The third-order valence-electron chi connectivity index (χ3n) is 8.42. The molecule has 0 radical (unpaired) electrons. The summed E-state index contributed by atoms with van der Waals surface area (Å²) in [7, 11) is 1.68. The molecule has 0 fully saturated rings. The molecule has 0 heterocycles. The zero-order valence-corrected chi connectivity index (χ0v) is 32.0. The molecule has 0 aromatic carbocycles. The van der Waals surface area contributed by atoms with Crippen LogP contribution >= 0.6 is 7.82 Å². The monoisotopic (exact) mass is 679 g/mol. The van der Waals surface area contributed by atoms with Crippen LogP contribution in [-0.2, 0) is 27.9 Å². The number of carbonyl (C=O) groups is 1. The van der Waals surface area contributed by atoms with Crippen LogP contribution in [0.15, 0.2) is 0 Å². The molecule has 2 unspecified atom stereocenters. The van der Waals surface area contributed by atoms with Crippen LogP contribution in [0.3, 0.4) is 0 Å². The van der Waals surface area contributed by atoms with Crippen molar-refractivity contribution in [3.63, 3.8) is 0 Å². The molecule has 276 valence electrons. The van der Waals surface area contributed by atoms with Gasteiger partial charge < -0.3 is 18.9 Å². The Balaban J connectivity index is 4.25. The van der Waals surface area contributed by atoms with E-state index in [-0.39, 0.29) is 25.8 Å². The molecule has 0 aliphatic rings. The Morgan fingerprint density at radius 3 is 1.43 bits per heavy atom. The van der Waals surface area contributed by atoms with Gasteiger partial charge in [-0.2, -0.15) is 0 Å². The van der Waals surface area contributed by atoms with Gasteiger partial charge in [0.25, 0.3) is 0 Å². The SMILES string of the molecule is CCCCCCCCCCCCCCCCOCC(COP(=O)(O)OCC[N+](C)(C)C)OC(=O)CCCCCCCCCCCC. The van der Waals surface area contributed by atoms with Gasteiger partial charge in [-0.05, 0) is 12.8 Å². The van der Waals surface area contributed by atoms with E-state index in [0.29, 0.717) is 24.1 Å². The van der Waals surface area contributed by atoms with Crippen LogP contribution in [0.5, 0.6) is 0 Å². The van der Waals surface area contributed by atoms with Crippen molar-refractivity contribution in [2.45, 2.75) is 180 Å². The molecule has 0 aromatic heterocycles. The van der Waals surface area contributed by atoms with Crippen molar-refractivity contribution < 1.29 is 37.3 Å². The van der Waals surface area contributed by atoms with Gasteiger partial charge in [0.1, 0.15) is 19.3 Å². The van der Waals surface area contributed by atoms with Gasteiger partial charge in [0.05, 0.1) is 34.4 Å². The van der Waals surface area contributed by atoms with Crippen molar-refractivity contribution >= 4 is 13.8 Å². The number of quaternary nitrogens is 1. The molecule has 0 spiro atoms. The van der Waals surface area contributed by atoms with E-state index in [1.54, 1.807) is 0 Å². The predicted octanol–water partition coefficient (Wildman–Crippen LogP) is 10.5. The number of carbonyl (C=O) groups excluding carboxylic acids is 1. The Morgan fingerprint density at radius 2 is 1.00 bits per heavy atom. The molecule has 0 aromatic rings. The van der Waals surface area contributed by atoms with Crippen molar-refractivity contribution in [3.05, 3.63) is 0 Å². The van der Waals surface area contributed by atoms with Crippen molar-refractivity contribution in [3.8, 4) is 0 Å². The minimum Gasteiger partial charge on any atom is -0.457 e. The van der Waals surface area contributed by atoms with Crippen molar-refractivity contribution in [2.75, 3.05) is 54.1 Å². The van der Waals surface area contributed by atoms with Crippen LogP contribution in [0.1, 0.15) is 174 Å². The molecule has 0 amide bonds. The topological polar surface area (TPSA) is 91.3 Å². The highest BCUT2D eigenvalue weighted by Crippen LogP contribution is 2.43. The number of esters is 1. The van der Waals surface area contributed by atoms with Crippen LogP contribution in [0.2, 0.25) is 0 Å². The van der Waals surface area contributed by atoms with Gasteiger partial charge in [-0.3, -0.25) is 13.8 Å². The number of likely N-dealkylation sites (N-methyl/N-ethyl adjacent to an activating group) is 1. The normalized spacial score (nSPS) is 14.0. The van der Waals surface area contributed by atoms with E-state index in [1.165, 1.54) is 122 Å². The van der Waals surface area contributed by atoms with Crippen molar-refractivity contribution in [1.82, 2.24) is 0 Å². The van der Waals surface area contributed by atoms with Crippen molar-refractivity contribution in [1.29, 1.82) is 0 Å². The van der Waals surface area contributed by atoms with Gasteiger partial charge in [-0.15, -0.1) is 0 Å². The van der Waals surface area contributed by atoms with Gasteiger partial charge in [0.15, 0.2) is 0 Å². The van der Waals surface area contributed by atoms with Gasteiger partial charge in [-0.25, -0.2) is 4.57 Å². The summed E-state index contributed by atoms with van der Waals surface area (Å²) in [6.07, 6.45) is 29.8. The van der Waals surface area contributed by atoms with Gasteiger partial charge in [0, 0.05) is 13.0 Å². The molecule has 0 saturated heterocycles. The highest BCUT2D eigenvalue weighted by atomic mass is 31.2. The lowest BCUT2D eigenvalue weighted by molar-refractivity contribution is -0.870. The zero-order chi connectivity index (χ0) is 34.2. The second-order valence-electron chi connectivity index (χ2n) is 14.3. The molecular weight excluding hydrogens is 601 g/mol. The lowest BCUT2D eigenvalue weighted by Crippen LogP contribution is -2.37. The van der Waals surface area contributed by atoms with E-state index in [2.05, 4.69) is 13.8 Å². The zero-order valence-electron chi connectivity index (χ0n) is 31.1. The van der Waals surface area contributed by atoms with Gasteiger partial charge in [0.2, 0.25) is 0 Å². The third kappa shape index (κ3) is 34.8. The summed E-state index contributed by atoms with van der Waals surface area (Å²) in [5.74, 6) is -0.313. The van der Waals surface area contributed by atoms with Crippen LogP contribution < -0.4 is 0 Å². The molecule has 8 nitrogen and oxygen atoms in total. The van der Waals surface area contributed by atoms with Crippen molar-refractivity contribution in [2.24, 2.45) is 0 Å². The highest BCUT2D eigenvalue weighted by Gasteiger charge is 2.26. The molecule has 2 atom stereocenters. The third-order valence-corrected chi connectivity index (χ3v) is 9.40. The molecule has 9 heteroatoms. The van der Waals surface area contributed by atoms with Gasteiger partial charge >= 0.3 is 13.8 Å². The average molecular weight is 679 g/mol. The lowest BCUT2D eigenvalue weighted by Gasteiger charge is -2.24. The van der Waals surface area contributed by atoms with E-state index in [4.69, 9.17) is 18.5 Å². The van der Waals surface area contributed by atoms with E-state index in [9.17, 15) is 14.3 Å². The summed E-state index contributed by atoms with van der Waals surface area (Å²) in [6, 6.07) is 0. The number of rotatable bonds is 36. The summed E-state index contributed by atoms with van der Waals surface area (Å²) < 4.78 is 34.8. The first-order chi connectivity index (χ1) is 22.1. The standard InChI is InChI=1S/C37H76NO7P/c1-6-8-10-12-14-16-18-19-20-21-23-25-27-29-32-42-34-36(35-44-46(40,41)43-33-31-38(3,4)5)45-37(39)30-28-26-24-22-17-15-13-11-9-7-2/h36H,6-35H2,1-5H3/p+1. The number of hydrogen-bond donors (Lipinski definition) is 1. The maximum absolute atomic E-state index is 12.6. The summed E-state index contributed by atoms with van der Waals surface area (Å²) in [5, 5.41) is 0. The Kier molecular flexibility index (Phi) is 31.4. The Hall–Kier alpha value is -0.500. The number of phosphoric ester groups is 1. The summed E-state index contributed by atoms with van der Waals surface area (Å²) in [6.45, 7) is 5.64. The fourth-order valence-corrected chi connectivity index (χ4v) is 6.12. The maximum Gasteiger partial charge on any atom is 0.472 e. The molecule has 0 bridgehead atoms. The Bertz CT molecular complexity index is 716. The molecule has 0 rings (SSSR count). The predicted molar refractivity (Wildman–Crippen MR) is 192 cm³/mol. The van der Waals surface area contributed by atoms with Crippen LogP contribution in [0, 0.1) is 0 Å². The van der Waals surface area contributed by atoms with E-state index in [1.807, 2.05) is 21.1 Å². The van der Waals surface area contributed by atoms with Crippen LogP contribution in [-0.4, -0.2) is 75.6 Å². The number of nitrogens with zero attached hydrogens (tertiary/aromatic N) is 1. The molecule has 0 aliphatic carbocycles. The van der Waals surface area contributed by atoms with E-state index in [0.717, 1.165) is 32.1 Å². The Morgan fingerprint density at radius 1 is 0.587 bits per heavy atom. The molecule has 0 aliphatic heterocycles. The van der Waals surface area contributed by atoms with E-state index >= 15 is 0 Å². The fourth-order valence-electron chi connectivity index (χ4n) is 5.38. The van der Waals surface area contributed by atoms with Crippen LogP contribution in [0.25, 0.3) is 0 Å². The summed E-state index contributed by atoms with van der Waals surface area (Å²) in [4.78, 5) is 22.7. The summed E-state index contributed by atoms with van der Waals surface area (Å²) >= 11 is 0. The minimum atomic E-state index is -4.26. The average Bonchev–Trinajstić information content (AvgIpc) is 2.99. The molecule has 0 saturated carbocycles. The van der Waals surface area contributed by atoms with Gasteiger partial charge in [-0.1, -0.05) is 155 Å². The lowest BCUT2D eigenvalue weighted by atomic mass is 10.0. The Labute approximate surface area is 285 Å². The van der Waals surface area contributed by atoms with Crippen LogP contribution in [0.4, 0.5) is 0 Å². The minimum absolute atomic E-state index is 0.0934. The highest BCUT2D eigenvalue weighted by molar-refractivity contribution is 7.47. The molecule has 1 N–H and O–H groups in total. The number of ether oxygens (including phenoxy) is 2. The first-order valence-corrected chi connectivity index (χ1v) is 20.8. The number of unbranched alkanes of at least 4 members (excludes halogenated alkanes) is 22. The quantitative estimate of drug-likeness (QED) is 0.0305.